The Morgan fingerprint density at radius 1 is 0.913 bits per heavy atom. The minimum Gasteiger partial charge on any atom is -0.355 e. The molecule has 2 aromatic carbocycles. The molecule has 2 aromatic rings. The quantitative estimate of drug-likeness (QED) is 0.807. The van der Waals surface area contributed by atoms with Crippen molar-refractivity contribution in [3.63, 3.8) is 0 Å². The molecule has 1 aliphatic heterocycles. The van der Waals surface area contributed by atoms with Gasteiger partial charge in [-0.05, 0) is 57.0 Å². The van der Waals surface area contributed by atoms with E-state index in [1.807, 2.05) is 7.05 Å². The van der Waals surface area contributed by atoms with Crippen LogP contribution in [0.2, 0.25) is 0 Å². The summed E-state index contributed by atoms with van der Waals surface area (Å²) in [5.41, 5.74) is 3.29. The number of hydrogen-bond acceptors (Lipinski definition) is 2. The second kappa shape index (κ2) is 7.04. The van der Waals surface area contributed by atoms with E-state index in [-0.39, 0.29) is 23.6 Å². The molecule has 0 bridgehead atoms. The molecule has 3 rings (SSSR count). The maximum atomic E-state index is 6.71. The topological polar surface area (TPSA) is 21.3 Å². The van der Waals surface area contributed by atoms with Gasteiger partial charge in [-0.15, -0.1) is 12.4 Å². The van der Waals surface area contributed by atoms with Crippen LogP contribution < -0.4 is 5.32 Å². The Labute approximate surface area is 145 Å². The third-order valence-electron chi connectivity index (χ3n) is 4.64. The molecule has 0 fully saturated rings. The number of hydrogen-bond donors (Lipinski definition) is 1. The molecule has 0 saturated heterocycles. The molecule has 0 spiro atoms. The fourth-order valence-corrected chi connectivity index (χ4v) is 3.67. The molecule has 2 nitrogen and oxygen atoms in total. The van der Waals surface area contributed by atoms with Gasteiger partial charge in [0.1, 0.15) is 5.60 Å². The molecule has 1 atom stereocenters. The fraction of sp³-hybridized carbons (Fsp3) is 0.400. The molecular formula is C20H26ClNO. The first-order valence-corrected chi connectivity index (χ1v) is 8.10. The third-order valence-corrected chi connectivity index (χ3v) is 4.64. The molecular weight excluding hydrogens is 306 g/mol. The van der Waals surface area contributed by atoms with Crippen LogP contribution in [-0.4, -0.2) is 13.6 Å². The maximum Gasteiger partial charge on any atom is 0.120 e. The highest BCUT2D eigenvalue weighted by Crippen LogP contribution is 2.52. The fourth-order valence-electron chi connectivity index (χ4n) is 3.67. The minimum atomic E-state index is -0.335. The Hall–Kier alpha value is -1.35. The van der Waals surface area contributed by atoms with E-state index in [0.717, 1.165) is 19.4 Å². The van der Waals surface area contributed by atoms with Crippen molar-refractivity contribution in [1.29, 1.82) is 0 Å². The predicted octanol–water partition coefficient (Wildman–Crippen LogP) is 4.62. The van der Waals surface area contributed by atoms with E-state index in [1.54, 1.807) is 0 Å². The van der Waals surface area contributed by atoms with Crippen molar-refractivity contribution in [2.24, 2.45) is 0 Å². The van der Waals surface area contributed by atoms with Gasteiger partial charge in [-0.3, -0.25) is 0 Å². The Balaban J connectivity index is 0.00000192. The molecule has 124 valence electrons. The number of ether oxygens (including phenoxy) is 1. The summed E-state index contributed by atoms with van der Waals surface area (Å²) in [4.78, 5) is 0. The zero-order chi connectivity index (χ0) is 15.6. The van der Waals surface area contributed by atoms with Gasteiger partial charge in [0.2, 0.25) is 0 Å². The number of nitrogens with one attached hydrogen (secondary N) is 1. The van der Waals surface area contributed by atoms with Gasteiger partial charge in [-0.25, -0.2) is 0 Å². The van der Waals surface area contributed by atoms with Crippen LogP contribution in [0.3, 0.4) is 0 Å². The van der Waals surface area contributed by atoms with Crippen LogP contribution in [0.25, 0.3) is 0 Å². The van der Waals surface area contributed by atoms with E-state index in [0.29, 0.717) is 0 Å². The molecule has 1 heterocycles. The first kappa shape index (κ1) is 18.0. The summed E-state index contributed by atoms with van der Waals surface area (Å²) in [5, 5.41) is 3.25. The lowest BCUT2D eigenvalue weighted by Crippen LogP contribution is -2.31. The minimum absolute atomic E-state index is 0. The summed E-state index contributed by atoms with van der Waals surface area (Å²) in [7, 11) is 2.00. The van der Waals surface area contributed by atoms with Crippen LogP contribution in [0.15, 0.2) is 54.6 Å². The summed E-state index contributed by atoms with van der Waals surface area (Å²) >= 11 is 0. The molecule has 0 aromatic heterocycles. The molecule has 23 heavy (non-hydrogen) atoms. The van der Waals surface area contributed by atoms with Crippen molar-refractivity contribution in [1.82, 2.24) is 5.32 Å². The van der Waals surface area contributed by atoms with E-state index < -0.39 is 0 Å². The number of benzene rings is 2. The van der Waals surface area contributed by atoms with Crippen molar-refractivity contribution in [3.05, 3.63) is 71.3 Å². The number of halogens is 1. The summed E-state index contributed by atoms with van der Waals surface area (Å²) in [6.07, 6.45) is 2.06. The summed E-state index contributed by atoms with van der Waals surface area (Å²) < 4.78 is 6.71. The average Bonchev–Trinajstić information content (AvgIpc) is 2.78. The SMILES string of the molecule is CNCCC[C@]1(c2ccccc2)OC(C)(C)c2ccccc21.Cl. The van der Waals surface area contributed by atoms with Gasteiger partial charge in [-0.2, -0.15) is 0 Å². The average molecular weight is 332 g/mol. The van der Waals surface area contributed by atoms with Gasteiger partial charge in [-0.1, -0.05) is 54.6 Å². The second-order valence-corrected chi connectivity index (χ2v) is 6.56. The van der Waals surface area contributed by atoms with Crippen molar-refractivity contribution in [2.45, 2.75) is 37.9 Å². The van der Waals surface area contributed by atoms with Gasteiger partial charge < -0.3 is 10.1 Å². The molecule has 1 aliphatic rings. The van der Waals surface area contributed by atoms with Crippen LogP contribution in [0, 0.1) is 0 Å². The standard InChI is InChI=1S/C20H25NO.ClH/c1-19(2)17-12-7-8-13-18(17)20(22-19,14-9-15-21-3)16-10-5-4-6-11-16;/h4-8,10-13,21H,9,14-15H2,1-3H3;1H/t20-;/m1./s1. The normalized spacial score (nSPS) is 21.5. The lowest BCUT2D eigenvalue weighted by molar-refractivity contribution is -0.107. The molecule has 0 amide bonds. The highest BCUT2D eigenvalue weighted by atomic mass is 35.5. The van der Waals surface area contributed by atoms with Crippen molar-refractivity contribution in [2.75, 3.05) is 13.6 Å². The predicted molar refractivity (Wildman–Crippen MR) is 98.2 cm³/mol. The van der Waals surface area contributed by atoms with Crippen LogP contribution in [0.4, 0.5) is 0 Å². The summed E-state index contributed by atoms with van der Waals surface area (Å²) in [5.74, 6) is 0. The number of fused-ring (bicyclic) bond motifs is 1. The van der Waals surface area contributed by atoms with E-state index in [2.05, 4.69) is 73.8 Å². The maximum absolute atomic E-state index is 6.71. The molecule has 0 unspecified atom stereocenters. The first-order chi connectivity index (χ1) is 10.6. The Morgan fingerprint density at radius 3 is 2.17 bits per heavy atom. The van der Waals surface area contributed by atoms with Gasteiger partial charge in [0.25, 0.3) is 0 Å². The zero-order valence-corrected chi connectivity index (χ0v) is 15.0. The van der Waals surface area contributed by atoms with Gasteiger partial charge in [0.05, 0.1) is 5.60 Å². The van der Waals surface area contributed by atoms with E-state index in [4.69, 9.17) is 4.74 Å². The Kier molecular flexibility index (Phi) is 5.51. The molecule has 1 N–H and O–H groups in total. The summed E-state index contributed by atoms with van der Waals surface area (Å²) in [6.45, 7) is 5.35. The van der Waals surface area contributed by atoms with Crippen molar-refractivity contribution < 1.29 is 4.74 Å². The second-order valence-electron chi connectivity index (χ2n) is 6.56. The van der Waals surface area contributed by atoms with Gasteiger partial charge in [0.15, 0.2) is 0 Å². The zero-order valence-electron chi connectivity index (χ0n) is 14.1. The highest BCUT2D eigenvalue weighted by Gasteiger charge is 2.49. The van der Waals surface area contributed by atoms with E-state index in [1.165, 1.54) is 16.7 Å². The molecule has 0 radical (unpaired) electrons. The smallest absolute Gasteiger partial charge is 0.120 e. The largest absolute Gasteiger partial charge is 0.355 e. The Bertz CT molecular complexity index is 641. The molecule has 0 aliphatic carbocycles. The van der Waals surface area contributed by atoms with E-state index in [9.17, 15) is 0 Å². The highest BCUT2D eigenvalue weighted by molar-refractivity contribution is 5.85. The van der Waals surface area contributed by atoms with Crippen LogP contribution in [-0.2, 0) is 15.9 Å². The Morgan fingerprint density at radius 2 is 1.52 bits per heavy atom. The number of rotatable bonds is 5. The van der Waals surface area contributed by atoms with Crippen molar-refractivity contribution >= 4 is 12.4 Å². The van der Waals surface area contributed by atoms with Crippen LogP contribution >= 0.6 is 12.4 Å². The van der Waals surface area contributed by atoms with Crippen LogP contribution in [0.1, 0.15) is 43.4 Å². The summed E-state index contributed by atoms with van der Waals surface area (Å²) in [6, 6.07) is 19.3. The van der Waals surface area contributed by atoms with Crippen molar-refractivity contribution in [3.8, 4) is 0 Å². The lowest BCUT2D eigenvalue weighted by atomic mass is 9.81. The van der Waals surface area contributed by atoms with Gasteiger partial charge in [0, 0.05) is 0 Å². The molecule has 0 saturated carbocycles. The lowest BCUT2D eigenvalue weighted by Gasteiger charge is -2.33. The molecule has 3 heteroatoms. The van der Waals surface area contributed by atoms with Crippen LogP contribution in [0.5, 0.6) is 0 Å². The van der Waals surface area contributed by atoms with E-state index >= 15 is 0 Å². The third kappa shape index (κ3) is 3.16. The van der Waals surface area contributed by atoms with Gasteiger partial charge >= 0.3 is 0 Å². The monoisotopic (exact) mass is 331 g/mol. The first-order valence-electron chi connectivity index (χ1n) is 8.10.